The van der Waals surface area contributed by atoms with Crippen LogP contribution in [0.5, 0.6) is 0 Å². The van der Waals surface area contributed by atoms with Crippen molar-refractivity contribution in [2.75, 3.05) is 6.61 Å². The van der Waals surface area contributed by atoms with Crippen LogP contribution in [-0.2, 0) is 9.47 Å². The first-order chi connectivity index (χ1) is 8.56. The number of ether oxygens (including phenoxy) is 2. The summed E-state index contributed by atoms with van der Waals surface area (Å²) in [6.45, 7) is 1.85. The van der Waals surface area contributed by atoms with E-state index in [0.717, 1.165) is 25.7 Å². The number of hydrogen-bond acceptors (Lipinski definition) is 5. The molecule has 1 unspecified atom stereocenters. The van der Waals surface area contributed by atoms with Gasteiger partial charge in [-0.2, -0.15) is 0 Å². The van der Waals surface area contributed by atoms with Crippen LogP contribution in [0.25, 0.3) is 0 Å². The maximum atomic E-state index is 10.3. The molecule has 0 rings (SSSR count). The zero-order valence-electron chi connectivity index (χ0n) is 10.7. The van der Waals surface area contributed by atoms with Crippen molar-refractivity contribution in [3.8, 4) is 0 Å². The van der Waals surface area contributed by atoms with E-state index >= 15 is 0 Å². The predicted octanol–water partition coefficient (Wildman–Crippen LogP) is 2.16. The number of unbranched alkanes of at least 4 members (excludes halogenated alkanes) is 5. The highest BCUT2D eigenvalue weighted by Gasteiger charge is 2.10. The highest BCUT2D eigenvalue weighted by atomic mass is 16.7. The molecular weight excluding hydrogens is 240 g/mol. The number of carbonyl (C=O) groups is 2. The van der Waals surface area contributed by atoms with Crippen molar-refractivity contribution in [1.82, 2.24) is 0 Å². The van der Waals surface area contributed by atoms with Gasteiger partial charge in [-0.3, -0.25) is 0 Å². The van der Waals surface area contributed by atoms with Gasteiger partial charge in [0.2, 0.25) is 0 Å². The Morgan fingerprint density at radius 2 is 1.78 bits per heavy atom. The van der Waals surface area contributed by atoms with Gasteiger partial charge in [-0.15, -0.1) is 0 Å². The summed E-state index contributed by atoms with van der Waals surface area (Å²) in [5, 5.41) is 18.6. The highest BCUT2D eigenvalue weighted by molar-refractivity contribution is 5.57. The van der Waals surface area contributed by atoms with Gasteiger partial charge in [0.25, 0.3) is 6.16 Å². The fourth-order valence-electron chi connectivity index (χ4n) is 1.63. The van der Waals surface area contributed by atoms with Gasteiger partial charge in [-0.05, 0) is 6.42 Å². The van der Waals surface area contributed by atoms with Crippen LogP contribution < -0.4 is 5.11 Å². The molecular formula is C12H21O6-. The van der Waals surface area contributed by atoms with Crippen LogP contribution in [0.2, 0.25) is 0 Å². The van der Waals surface area contributed by atoms with Gasteiger partial charge >= 0.3 is 6.16 Å². The topological polar surface area (TPSA) is 95.9 Å². The van der Waals surface area contributed by atoms with E-state index in [1.54, 1.807) is 0 Å². The molecule has 0 fully saturated rings. The van der Waals surface area contributed by atoms with Gasteiger partial charge in [0.05, 0.1) is 6.10 Å². The fraction of sp³-hybridized carbons (Fsp3) is 0.833. The molecule has 0 saturated heterocycles. The van der Waals surface area contributed by atoms with E-state index in [4.69, 9.17) is 5.11 Å². The van der Waals surface area contributed by atoms with Crippen LogP contribution >= 0.6 is 0 Å². The largest absolute Gasteiger partial charge is 0.543 e. The first-order valence-corrected chi connectivity index (χ1v) is 6.29. The molecule has 0 spiro atoms. The summed E-state index contributed by atoms with van der Waals surface area (Å²) in [4.78, 5) is 20.5. The molecule has 0 aliphatic heterocycles. The van der Waals surface area contributed by atoms with Crippen molar-refractivity contribution in [3.05, 3.63) is 0 Å². The van der Waals surface area contributed by atoms with Crippen LogP contribution in [-0.4, -0.2) is 30.1 Å². The van der Waals surface area contributed by atoms with Gasteiger partial charge in [0, 0.05) is 0 Å². The van der Waals surface area contributed by atoms with Gasteiger partial charge in [0.15, 0.2) is 0 Å². The lowest BCUT2D eigenvalue weighted by Crippen LogP contribution is -2.32. The summed E-state index contributed by atoms with van der Waals surface area (Å²) in [6.07, 6.45) is 2.96. The third kappa shape index (κ3) is 11.0. The predicted molar refractivity (Wildman–Crippen MR) is 62.2 cm³/mol. The smallest absolute Gasteiger partial charge is 0.505 e. The molecule has 0 bridgehead atoms. The standard InChI is InChI=1S/C12H22O6/c1-2-3-4-5-6-7-8-10(18-12(15)16)9-17-11(13)14/h10H,2-9H2,1H3,(H,13,14)(H,15,16)/p-1. The van der Waals surface area contributed by atoms with Gasteiger partial charge in [-0.25, -0.2) is 4.79 Å². The van der Waals surface area contributed by atoms with Crippen LogP contribution in [0, 0.1) is 0 Å². The van der Waals surface area contributed by atoms with Gasteiger partial charge in [0.1, 0.15) is 6.61 Å². The third-order valence-electron chi connectivity index (χ3n) is 2.54. The van der Waals surface area contributed by atoms with Crippen molar-refractivity contribution < 1.29 is 29.3 Å². The van der Waals surface area contributed by atoms with E-state index in [-0.39, 0.29) is 6.61 Å². The van der Waals surface area contributed by atoms with Gasteiger partial charge in [-0.1, -0.05) is 45.4 Å². The Morgan fingerprint density at radius 3 is 2.33 bits per heavy atom. The molecule has 1 N–H and O–H groups in total. The Kier molecular flexibility index (Phi) is 9.81. The van der Waals surface area contributed by atoms with E-state index < -0.39 is 18.4 Å². The van der Waals surface area contributed by atoms with Crippen LogP contribution in [0.1, 0.15) is 51.9 Å². The summed E-state index contributed by atoms with van der Waals surface area (Å²) >= 11 is 0. The summed E-state index contributed by atoms with van der Waals surface area (Å²) in [7, 11) is 0. The molecule has 106 valence electrons. The maximum Gasteiger partial charge on any atom is 0.505 e. The Balaban J connectivity index is 3.71. The van der Waals surface area contributed by atoms with Crippen LogP contribution in [0.4, 0.5) is 9.59 Å². The molecule has 0 aromatic carbocycles. The van der Waals surface area contributed by atoms with Crippen molar-refractivity contribution in [1.29, 1.82) is 0 Å². The molecule has 0 saturated carbocycles. The highest BCUT2D eigenvalue weighted by Crippen LogP contribution is 2.11. The lowest BCUT2D eigenvalue weighted by Gasteiger charge is -2.21. The lowest BCUT2D eigenvalue weighted by molar-refractivity contribution is -0.289. The minimum absolute atomic E-state index is 0.279. The molecule has 0 aromatic rings. The number of carbonyl (C=O) groups excluding carboxylic acids is 1. The second-order valence-corrected chi connectivity index (χ2v) is 4.12. The quantitative estimate of drug-likeness (QED) is 0.478. The van der Waals surface area contributed by atoms with Gasteiger partial charge < -0.3 is 24.5 Å². The zero-order valence-corrected chi connectivity index (χ0v) is 10.7. The molecule has 1 atom stereocenters. The molecule has 0 aliphatic carbocycles. The lowest BCUT2D eigenvalue weighted by atomic mass is 10.1. The average Bonchev–Trinajstić information content (AvgIpc) is 2.29. The van der Waals surface area contributed by atoms with Crippen molar-refractivity contribution in [2.45, 2.75) is 58.0 Å². The third-order valence-corrected chi connectivity index (χ3v) is 2.54. The normalized spacial score (nSPS) is 11.8. The molecule has 0 heterocycles. The van der Waals surface area contributed by atoms with E-state index in [9.17, 15) is 14.7 Å². The minimum Gasteiger partial charge on any atom is -0.543 e. The van der Waals surface area contributed by atoms with E-state index in [2.05, 4.69) is 16.4 Å². The molecule has 0 aromatic heterocycles. The number of carboxylic acid groups (broad SMARTS) is 2. The molecule has 0 radical (unpaired) electrons. The summed E-state index contributed by atoms with van der Waals surface area (Å²) in [5.41, 5.74) is 0. The fourth-order valence-corrected chi connectivity index (χ4v) is 1.63. The first-order valence-electron chi connectivity index (χ1n) is 6.29. The monoisotopic (exact) mass is 261 g/mol. The molecule has 18 heavy (non-hydrogen) atoms. The van der Waals surface area contributed by atoms with Crippen molar-refractivity contribution in [3.63, 3.8) is 0 Å². The second-order valence-electron chi connectivity index (χ2n) is 4.12. The Labute approximate surface area is 107 Å². The Bertz CT molecular complexity index is 241. The van der Waals surface area contributed by atoms with E-state index in [1.165, 1.54) is 12.8 Å². The molecule has 0 amide bonds. The van der Waals surface area contributed by atoms with Crippen molar-refractivity contribution in [2.24, 2.45) is 0 Å². The van der Waals surface area contributed by atoms with Crippen LogP contribution in [0.3, 0.4) is 0 Å². The zero-order chi connectivity index (χ0) is 13.8. The average molecular weight is 261 g/mol. The molecule has 6 nitrogen and oxygen atoms in total. The second kappa shape index (κ2) is 10.7. The summed E-state index contributed by atoms with van der Waals surface area (Å²) < 4.78 is 8.75. The first kappa shape index (κ1) is 16.5. The number of hydrogen-bond donors (Lipinski definition) is 1. The van der Waals surface area contributed by atoms with E-state index in [0.29, 0.717) is 6.42 Å². The van der Waals surface area contributed by atoms with Crippen LogP contribution in [0.15, 0.2) is 0 Å². The summed E-state index contributed by atoms with van der Waals surface area (Å²) in [5.74, 6) is 0. The molecule has 6 heteroatoms. The molecule has 0 aliphatic rings. The minimum atomic E-state index is -1.65. The van der Waals surface area contributed by atoms with E-state index in [1.807, 2.05) is 0 Å². The Hall–Kier alpha value is -1.46. The number of rotatable bonds is 10. The Morgan fingerprint density at radius 1 is 1.17 bits per heavy atom. The maximum absolute atomic E-state index is 10.3. The SMILES string of the molecule is CCCCCCCCC(COC(=O)O)OC(=O)[O-]. The summed E-state index contributed by atoms with van der Waals surface area (Å²) in [6, 6.07) is 0. The van der Waals surface area contributed by atoms with Crippen molar-refractivity contribution >= 4 is 12.3 Å².